The molecule has 0 aromatic heterocycles. The van der Waals surface area contributed by atoms with Gasteiger partial charge in [0, 0.05) is 18.7 Å². The highest BCUT2D eigenvalue weighted by Crippen LogP contribution is 2.42. The maximum absolute atomic E-state index is 13.4. The summed E-state index contributed by atoms with van der Waals surface area (Å²) in [5.41, 5.74) is 1.12. The number of aliphatic hydroxyl groups excluding tert-OH is 1. The first-order valence-electron chi connectivity index (χ1n) is 13.8. The summed E-state index contributed by atoms with van der Waals surface area (Å²) in [5.74, 6) is 0.112. The quantitative estimate of drug-likeness (QED) is 0.140. The van der Waals surface area contributed by atoms with E-state index in [1.54, 1.807) is 37.4 Å². The van der Waals surface area contributed by atoms with Gasteiger partial charge in [-0.25, -0.2) is 0 Å². The predicted octanol–water partition coefficient (Wildman–Crippen LogP) is 5.43. The average molecular weight is 539 g/mol. The molecular weight excluding hydrogens is 496 g/mol. The molecule has 1 fully saturated rings. The van der Waals surface area contributed by atoms with Gasteiger partial charge >= 0.3 is 0 Å². The van der Waals surface area contributed by atoms with E-state index in [4.69, 9.17) is 14.2 Å². The normalized spacial score (nSPS) is 16.7. The number of likely N-dealkylation sites (tertiary alicyclic amines) is 1. The van der Waals surface area contributed by atoms with Crippen LogP contribution in [-0.2, 0) is 9.59 Å². The summed E-state index contributed by atoms with van der Waals surface area (Å²) in [4.78, 5) is 30.1. The molecule has 2 aromatic carbocycles. The van der Waals surface area contributed by atoms with Crippen molar-refractivity contribution < 1.29 is 28.9 Å². The highest BCUT2D eigenvalue weighted by molar-refractivity contribution is 6.46. The van der Waals surface area contributed by atoms with Gasteiger partial charge in [0.25, 0.3) is 11.7 Å². The molecule has 1 heterocycles. The molecule has 3 rings (SSSR count). The molecule has 1 aliphatic heterocycles. The molecule has 1 atom stereocenters. The highest BCUT2D eigenvalue weighted by Gasteiger charge is 2.46. The minimum Gasteiger partial charge on any atom is -0.507 e. The summed E-state index contributed by atoms with van der Waals surface area (Å²) in [7, 11) is 5.37. The largest absolute Gasteiger partial charge is 0.507 e. The van der Waals surface area contributed by atoms with Crippen molar-refractivity contribution in [1.29, 1.82) is 0 Å². The van der Waals surface area contributed by atoms with Crippen LogP contribution in [-0.4, -0.2) is 74.1 Å². The molecule has 8 nitrogen and oxygen atoms in total. The summed E-state index contributed by atoms with van der Waals surface area (Å²) in [5, 5.41) is 11.4. The van der Waals surface area contributed by atoms with Crippen LogP contribution in [0.2, 0.25) is 0 Å². The SMILES string of the molecule is CCCCCOc1ccc(C2C(=C(O)c3cccc(OCCCC)c3)C(=O)C(=O)N2CCN(C)C)cc1OC. The van der Waals surface area contributed by atoms with Gasteiger partial charge in [-0.2, -0.15) is 0 Å². The van der Waals surface area contributed by atoms with E-state index in [1.165, 1.54) is 4.90 Å². The molecule has 0 aliphatic carbocycles. The minimum atomic E-state index is -0.780. The van der Waals surface area contributed by atoms with Gasteiger partial charge in [0.1, 0.15) is 11.5 Å². The van der Waals surface area contributed by atoms with Gasteiger partial charge in [-0.1, -0.05) is 51.3 Å². The molecule has 0 saturated carbocycles. The van der Waals surface area contributed by atoms with Gasteiger partial charge in [0.15, 0.2) is 11.5 Å². The van der Waals surface area contributed by atoms with Crippen LogP contribution in [0.1, 0.15) is 63.1 Å². The Morgan fingerprint density at radius 1 is 0.949 bits per heavy atom. The van der Waals surface area contributed by atoms with Crippen molar-refractivity contribution in [2.45, 2.75) is 52.0 Å². The van der Waals surface area contributed by atoms with E-state index in [0.717, 1.165) is 32.1 Å². The number of methoxy groups -OCH3 is 1. The number of likely N-dealkylation sites (N-methyl/N-ethyl adjacent to an activating group) is 1. The van der Waals surface area contributed by atoms with Gasteiger partial charge in [-0.3, -0.25) is 9.59 Å². The molecule has 8 heteroatoms. The van der Waals surface area contributed by atoms with E-state index in [2.05, 4.69) is 13.8 Å². The van der Waals surface area contributed by atoms with Crippen LogP contribution in [0.25, 0.3) is 5.76 Å². The molecule has 0 spiro atoms. The second-order valence-electron chi connectivity index (χ2n) is 9.99. The fraction of sp³-hybridized carbons (Fsp3) is 0.484. The lowest BCUT2D eigenvalue weighted by Gasteiger charge is -2.27. The van der Waals surface area contributed by atoms with Gasteiger partial charge in [0.2, 0.25) is 0 Å². The summed E-state index contributed by atoms with van der Waals surface area (Å²) < 4.78 is 17.4. The first-order valence-corrected chi connectivity index (χ1v) is 13.8. The maximum atomic E-state index is 13.4. The minimum absolute atomic E-state index is 0.0446. The van der Waals surface area contributed by atoms with E-state index >= 15 is 0 Å². The van der Waals surface area contributed by atoms with Crippen LogP contribution in [0.4, 0.5) is 0 Å². The van der Waals surface area contributed by atoms with Crippen LogP contribution < -0.4 is 14.2 Å². The summed E-state index contributed by atoms with van der Waals surface area (Å²) in [6.45, 7) is 6.22. The number of carbonyl (C=O) groups is 2. The molecule has 0 radical (unpaired) electrons. The standard InChI is InChI=1S/C31H42N2O6/c1-6-8-10-19-39-25-15-14-22(21-26(25)37-5)28-27(30(35)31(36)33(28)17-16-32(3)4)29(34)23-12-11-13-24(20-23)38-18-9-7-2/h11-15,20-21,28,34H,6-10,16-19H2,1-5H3. The molecule has 2 aromatic rings. The zero-order valence-corrected chi connectivity index (χ0v) is 23.9. The lowest BCUT2D eigenvalue weighted by molar-refractivity contribution is -0.140. The Kier molecular flexibility index (Phi) is 11.2. The van der Waals surface area contributed by atoms with Crippen LogP contribution in [0.15, 0.2) is 48.0 Å². The Hall–Kier alpha value is -3.52. The Balaban J connectivity index is 2.05. The number of Topliss-reactive ketones (excluding diaryl/α,β-unsaturated/α-hetero) is 1. The van der Waals surface area contributed by atoms with Crippen molar-refractivity contribution >= 4 is 17.4 Å². The van der Waals surface area contributed by atoms with E-state index < -0.39 is 17.7 Å². The summed E-state index contributed by atoms with van der Waals surface area (Å²) in [6, 6.07) is 11.6. The molecule has 1 unspecified atom stereocenters. The van der Waals surface area contributed by atoms with E-state index in [-0.39, 0.29) is 11.3 Å². The first-order chi connectivity index (χ1) is 18.8. The van der Waals surface area contributed by atoms with Crippen molar-refractivity contribution in [3.8, 4) is 17.2 Å². The van der Waals surface area contributed by atoms with Crippen LogP contribution in [0, 0.1) is 0 Å². The number of carbonyl (C=O) groups excluding carboxylic acids is 2. The Morgan fingerprint density at radius 3 is 2.38 bits per heavy atom. The molecule has 1 N–H and O–H groups in total. The fourth-order valence-electron chi connectivity index (χ4n) is 4.50. The molecular formula is C31H42N2O6. The molecule has 39 heavy (non-hydrogen) atoms. The monoisotopic (exact) mass is 538 g/mol. The number of benzene rings is 2. The third kappa shape index (κ3) is 7.53. The van der Waals surface area contributed by atoms with Crippen LogP contribution in [0.5, 0.6) is 17.2 Å². The van der Waals surface area contributed by atoms with Crippen molar-refractivity contribution in [1.82, 2.24) is 9.80 Å². The van der Waals surface area contributed by atoms with Crippen molar-refractivity contribution in [3.05, 3.63) is 59.2 Å². The number of amides is 1. The third-order valence-electron chi connectivity index (χ3n) is 6.71. The number of ether oxygens (including phenoxy) is 3. The topological polar surface area (TPSA) is 88.5 Å². The van der Waals surface area contributed by atoms with Gasteiger partial charge in [0.05, 0.1) is 31.9 Å². The second-order valence-corrected chi connectivity index (χ2v) is 9.99. The number of aliphatic hydroxyl groups is 1. The summed E-state index contributed by atoms with van der Waals surface area (Å²) >= 11 is 0. The van der Waals surface area contributed by atoms with E-state index in [9.17, 15) is 14.7 Å². The third-order valence-corrected chi connectivity index (χ3v) is 6.71. The van der Waals surface area contributed by atoms with Crippen molar-refractivity contribution in [2.75, 3.05) is 47.5 Å². The summed E-state index contributed by atoms with van der Waals surface area (Å²) in [6.07, 6.45) is 5.02. The van der Waals surface area contributed by atoms with Gasteiger partial charge in [-0.15, -0.1) is 0 Å². The number of hydrogen-bond acceptors (Lipinski definition) is 7. The number of unbranched alkanes of at least 4 members (excludes halogenated alkanes) is 3. The molecule has 1 saturated heterocycles. The lowest BCUT2D eigenvalue weighted by atomic mass is 9.95. The van der Waals surface area contributed by atoms with Crippen LogP contribution >= 0.6 is 0 Å². The maximum Gasteiger partial charge on any atom is 0.295 e. The Bertz CT molecular complexity index is 1160. The Labute approximate surface area is 232 Å². The van der Waals surface area contributed by atoms with E-state index in [1.807, 2.05) is 31.1 Å². The number of hydrogen-bond donors (Lipinski definition) is 1. The van der Waals surface area contributed by atoms with Gasteiger partial charge < -0.3 is 29.1 Å². The molecule has 1 amide bonds. The van der Waals surface area contributed by atoms with Crippen LogP contribution in [0.3, 0.4) is 0 Å². The first kappa shape index (κ1) is 30.0. The molecule has 212 valence electrons. The second kappa shape index (κ2) is 14.6. The zero-order valence-electron chi connectivity index (χ0n) is 23.9. The molecule has 0 bridgehead atoms. The number of ketones is 1. The average Bonchev–Trinajstić information content (AvgIpc) is 3.19. The molecule has 1 aliphatic rings. The zero-order chi connectivity index (χ0) is 28.4. The highest BCUT2D eigenvalue weighted by atomic mass is 16.5. The van der Waals surface area contributed by atoms with Crippen molar-refractivity contribution in [2.24, 2.45) is 0 Å². The lowest BCUT2D eigenvalue weighted by Crippen LogP contribution is -2.35. The van der Waals surface area contributed by atoms with E-state index in [0.29, 0.717) is 54.7 Å². The van der Waals surface area contributed by atoms with Gasteiger partial charge in [-0.05, 0) is 56.8 Å². The fourth-order valence-corrected chi connectivity index (χ4v) is 4.50. The predicted molar refractivity (Wildman–Crippen MR) is 152 cm³/mol. The van der Waals surface area contributed by atoms with Crippen molar-refractivity contribution in [3.63, 3.8) is 0 Å². The number of rotatable bonds is 15. The Morgan fingerprint density at radius 2 is 1.69 bits per heavy atom. The smallest absolute Gasteiger partial charge is 0.295 e. The number of nitrogens with zero attached hydrogens (tertiary/aromatic N) is 2.